The number of rotatable bonds is 3. The Bertz CT molecular complexity index is 1010. The fourth-order valence-corrected chi connectivity index (χ4v) is 3.07. The van der Waals surface area contributed by atoms with Crippen LogP contribution in [0.25, 0.3) is 32.9 Å². The lowest BCUT2D eigenvalue weighted by molar-refractivity contribution is 0.732. The zero-order chi connectivity index (χ0) is 15.8. The Labute approximate surface area is 139 Å². The summed E-state index contributed by atoms with van der Waals surface area (Å²) in [5, 5.41) is 9.11. The van der Waals surface area contributed by atoms with E-state index in [-0.39, 0.29) is 0 Å². The van der Waals surface area contributed by atoms with Gasteiger partial charge in [0.1, 0.15) is 5.69 Å². The molecule has 0 aliphatic heterocycles. The minimum atomic E-state index is 0.683. The van der Waals surface area contributed by atoms with E-state index >= 15 is 0 Å². The van der Waals surface area contributed by atoms with E-state index in [0.29, 0.717) is 6.54 Å². The summed E-state index contributed by atoms with van der Waals surface area (Å²) in [7, 11) is 0. The number of halogens is 1. The lowest BCUT2D eigenvalue weighted by Gasteiger charge is -2.01. The van der Waals surface area contributed by atoms with Crippen LogP contribution < -0.4 is 0 Å². The molecule has 23 heavy (non-hydrogen) atoms. The van der Waals surface area contributed by atoms with Crippen LogP contribution in [0.15, 0.2) is 73.3 Å². The van der Waals surface area contributed by atoms with Gasteiger partial charge in [0.15, 0.2) is 0 Å². The van der Waals surface area contributed by atoms with E-state index in [1.807, 2.05) is 35.0 Å². The van der Waals surface area contributed by atoms with Crippen LogP contribution in [0.5, 0.6) is 0 Å². The zero-order valence-corrected chi connectivity index (χ0v) is 13.3. The van der Waals surface area contributed by atoms with Crippen molar-refractivity contribution in [1.82, 2.24) is 9.78 Å². The third-order valence-electron chi connectivity index (χ3n) is 4.04. The minimum absolute atomic E-state index is 0.683. The number of fused-ring (bicyclic) bond motifs is 2. The predicted molar refractivity (Wildman–Crippen MR) is 97.9 cm³/mol. The lowest BCUT2D eigenvalue weighted by atomic mass is 10.0. The van der Waals surface area contributed by atoms with Crippen LogP contribution in [0.3, 0.4) is 0 Å². The van der Waals surface area contributed by atoms with Gasteiger partial charge in [-0.2, -0.15) is 5.10 Å². The van der Waals surface area contributed by atoms with E-state index in [2.05, 4.69) is 43.0 Å². The lowest BCUT2D eigenvalue weighted by Crippen LogP contribution is -1.96. The molecule has 0 radical (unpaired) electrons. The first-order chi connectivity index (χ1) is 11.3. The van der Waals surface area contributed by atoms with Gasteiger partial charge in [0.2, 0.25) is 0 Å². The van der Waals surface area contributed by atoms with Crippen molar-refractivity contribution in [2.24, 2.45) is 0 Å². The predicted octanol–water partition coefficient (Wildman–Crippen LogP) is 5.70. The second-order valence-electron chi connectivity index (χ2n) is 5.54. The Balaban J connectivity index is 2.04. The smallest absolute Gasteiger partial charge is 0.100 e. The van der Waals surface area contributed by atoms with Gasteiger partial charge in [-0.15, -0.1) is 6.58 Å². The van der Waals surface area contributed by atoms with Gasteiger partial charge in [-0.3, -0.25) is 4.68 Å². The molecule has 0 aliphatic rings. The highest BCUT2D eigenvalue weighted by atomic mass is 35.5. The molecule has 3 aromatic carbocycles. The van der Waals surface area contributed by atoms with Crippen LogP contribution in [0, 0.1) is 0 Å². The molecule has 0 spiro atoms. The number of hydrogen-bond acceptors (Lipinski definition) is 1. The van der Waals surface area contributed by atoms with Crippen LogP contribution in [-0.4, -0.2) is 9.78 Å². The maximum absolute atomic E-state index is 6.01. The fourth-order valence-electron chi connectivity index (χ4n) is 2.94. The molecule has 4 aromatic rings. The van der Waals surface area contributed by atoms with E-state index < -0.39 is 0 Å². The Morgan fingerprint density at radius 3 is 2.39 bits per heavy atom. The molecule has 1 aromatic heterocycles. The minimum Gasteiger partial charge on any atom is -0.260 e. The van der Waals surface area contributed by atoms with Gasteiger partial charge in [0.05, 0.1) is 12.1 Å². The molecule has 0 saturated carbocycles. The van der Waals surface area contributed by atoms with E-state index in [1.165, 1.54) is 10.8 Å². The Morgan fingerprint density at radius 1 is 1.00 bits per heavy atom. The van der Waals surface area contributed by atoms with Gasteiger partial charge in [-0.1, -0.05) is 54.1 Å². The van der Waals surface area contributed by atoms with Gasteiger partial charge in [-0.05, 0) is 35.0 Å². The topological polar surface area (TPSA) is 17.8 Å². The maximum Gasteiger partial charge on any atom is 0.100 e. The van der Waals surface area contributed by atoms with Crippen LogP contribution in [0.1, 0.15) is 0 Å². The molecular weight excluding hydrogens is 304 g/mol. The van der Waals surface area contributed by atoms with Crippen molar-refractivity contribution in [3.63, 3.8) is 0 Å². The summed E-state index contributed by atoms with van der Waals surface area (Å²) in [6.07, 6.45) is 1.87. The van der Waals surface area contributed by atoms with Crippen LogP contribution >= 0.6 is 11.6 Å². The van der Waals surface area contributed by atoms with Gasteiger partial charge in [0, 0.05) is 16.0 Å². The first-order valence-corrected chi connectivity index (χ1v) is 7.90. The van der Waals surface area contributed by atoms with E-state index in [4.69, 9.17) is 16.7 Å². The summed E-state index contributed by atoms with van der Waals surface area (Å²) in [5.74, 6) is 0. The summed E-state index contributed by atoms with van der Waals surface area (Å²) in [6.45, 7) is 4.52. The molecule has 0 amide bonds. The van der Waals surface area contributed by atoms with Gasteiger partial charge in [-0.25, -0.2) is 0 Å². The Hall–Kier alpha value is -2.58. The summed E-state index contributed by atoms with van der Waals surface area (Å²) in [4.78, 5) is 0. The molecule has 0 atom stereocenters. The van der Waals surface area contributed by atoms with Crippen molar-refractivity contribution in [2.45, 2.75) is 6.54 Å². The van der Waals surface area contributed by atoms with E-state index in [9.17, 15) is 0 Å². The molecule has 0 N–H and O–H groups in total. The molecule has 0 bridgehead atoms. The molecule has 112 valence electrons. The highest BCUT2D eigenvalue weighted by molar-refractivity contribution is 6.30. The molecule has 3 heteroatoms. The first kappa shape index (κ1) is 14.0. The average Bonchev–Trinajstić information content (AvgIpc) is 2.92. The van der Waals surface area contributed by atoms with Crippen molar-refractivity contribution in [1.29, 1.82) is 0 Å². The Kier molecular flexibility index (Phi) is 3.40. The number of allylic oxidation sites excluding steroid dienone is 1. The van der Waals surface area contributed by atoms with Crippen LogP contribution in [0.2, 0.25) is 5.02 Å². The quantitative estimate of drug-likeness (QED) is 0.443. The standard InChI is InChI=1S/C20H15ClN2/c1-2-11-23-19-13-16-6-4-3-5-15(16)12-18(19)20(22-23)14-7-9-17(21)10-8-14/h2-10,12-13H,1,11H2. The van der Waals surface area contributed by atoms with Crippen molar-refractivity contribution in [3.05, 3.63) is 78.3 Å². The molecule has 2 nitrogen and oxygen atoms in total. The normalized spacial score (nSPS) is 11.2. The highest BCUT2D eigenvalue weighted by Gasteiger charge is 2.13. The summed E-state index contributed by atoms with van der Waals surface area (Å²) < 4.78 is 2.00. The highest BCUT2D eigenvalue weighted by Crippen LogP contribution is 2.32. The molecule has 1 heterocycles. The molecule has 0 saturated heterocycles. The van der Waals surface area contributed by atoms with Crippen LogP contribution in [-0.2, 0) is 6.54 Å². The molecule has 0 aliphatic carbocycles. The summed E-state index contributed by atoms with van der Waals surface area (Å²) in [5.41, 5.74) is 3.16. The van der Waals surface area contributed by atoms with E-state index in [1.54, 1.807) is 0 Å². The number of aromatic nitrogens is 2. The second kappa shape index (κ2) is 5.56. The first-order valence-electron chi connectivity index (χ1n) is 7.52. The summed E-state index contributed by atoms with van der Waals surface area (Å²) >= 11 is 6.01. The van der Waals surface area contributed by atoms with Gasteiger partial charge < -0.3 is 0 Å². The van der Waals surface area contributed by atoms with Crippen molar-refractivity contribution >= 4 is 33.3 Å². The third kappa shape index (κ3) is 2.41. The maximum atomic E-state index is 6.01. The average molecular weight is 319 g/mol. The van der Waals surface area contributed by atoms with Gasteiger partial charge in [0.25, 0.3) is 0 Å². The molecule has 0 unspecified atom stereocenters. The van der Waals surface area contributed by atoms with Crippen molar-refractivity contribution in [3.8, 4) is 11.3 Å². The number of benzene rings is 3. The largest absolute Gasteiger partial charge is 0.260 e. The summed E-state index contributed by atoms with van der Waals surface area (Å²) in [6, 6.07) is 20.6. The van der Waals surface area contributed by atoms with Crippen molar-refractivity contribution < 1.29 is 0 Å². The van der Waals surface area contributed by atoms with Crippen LogP contribution in [0.4, 0.5) is 0 Å². The molecular formula is C20H15ClN2. The number of hydrogen-bond donors (Lipinski definition) is 0. The number of nitrogens with zero attached hydrogens (tertiary/aromatic N) is 2. The molecule has 0 fully saturated rings. The Morgan fingerprint density at radius 2 is 1.70 bits per heavy atom. The second-order valence-corrected chi connectivity index (χ2v) is 5.98. The van der Waals surface area contributed by atoms with E-state index in [0.717, 1.165) is 27.2 Å². The SMILES string of the molecule is C=CCn1nc(-c2ccc(Cl)cc2)c2cc3ccccc3cc21. The zero-order valence-electron chi connectivity index (χ0n) is 12.5. The van der Waals surface area contributed by atoms with Crippen molar-refractivity contribution in [2.75, 3.05) is 0 Å². The third-order valence-corrected chi connectivity index (χ3v) is 4.29. The van der Waals surface area contributed by atoms with Gasteiger partial charge >= 0.3 is 0 Å². The fraction of sp³-hybridized carbons (Fsp3) is 0.0500. The monoisotopic (exact) mass is 318 g/mol. The molecule has 4 rings (SSSR count).